The number of benzene rings is 1. The molecule has 2 heterocycles. The van der Waals surface area contributed by atoms with Crippen LogP contribution in [-0.2, 0) is 6.18 Å². The molecule has 11 heteroatoms. The molecule has 1 N–H and O–H groups in total. The van der Waals surface area contributed by atoms with E-state index < -0.39 is 29.8 Å². The first-order valence-electron chi connectivity index (χ1n) is 6.77. The van der Waals surface area contributed by atoms with E-state index in [0.717, 1.165) is 10.5 Å². The van der Waals surface area contributed by atoms with Gasteiger partial charge in [-0.05, 0) is 25.1 Å². The lowest BCUT2D eigenvalue weighted by atomic mass is 10.1. The molecule has 0 aliphatic rings. The fourth-order valence-electron chi connectivity index (χ4n) is 2.36. The molecule has 0 atom stereocenters. The normalized spacial score (nSPS) is 12.1. The van der Waals surface area contributed by atoms with Crippen molar-refractivity contribution >= 4 is 5.52 Å². The fraction of sp³-hybridized carbons (Fsp3) is 0.214. The van der Waals surface area contributed by atoms with Crippen LogP contribution in [0.15, 0.2) is 29.2 Å². The highest BCUT2D eigenvalue weighted by Gasteiger charge is 2.32. The number of ether oxygens (including phenoxy) is 1. The minimum Gasteiger partial charge on any atom is -0.434 e. The summed E-state index contributed by atoms with van der Waals surface area (Å²) in [4.78, 5) is 15.7. The van der Waals surface area contributed by atoms with Crippen LogP contribution >= 0.6 is 0 Å². The maximum Gasteiger partial charge on any atom is 0.416 e. The molecule has 0 saturated carbocycles. The monoisotopic (exact) mass is 360 g/mol. The quantitative estimate of drug-likeness (QED) is 0.729. The first kappa shape index (κ1) is 16.9. The number of aromatic amines is 1. The van der Waals surface area contributed by atoms with Crippen LogP contribution in [0.2, 0.25) is 0 Å². The highest BCUT2D eigenvalue weighted by Crippen LogP contribution is 2.38. The number of imidazole rings is 1. The van der Waals surface area contributed by atoms with E-state index in [0.29, 0.717) is 18.0 Å². The molecule has 0 saturated heterocycles. The second kappa shape index (κ2) is 5.83. The molecule has 0 aliphatic carbocycles. The Hall–Kier alpha value is -2.98. The summed E-state index contributed by atoms with van der Waals surface area (Å²) in [5, 5.41) is 5.89. The first-order valence-corrected chi connectivity index (χ1v) is 6.77. The average molecular weight is 360 g/mol. The van der Waals surface area contributed by atoms with Crippen molar-refractivity contribution in [2.45, 2.75) is 19.7 Å². The standard InChI is InChI=1S/C14H9F5N4O2/c1-6-20-5-9-11(21-22-13(24)23(6)9)8-3-2-7(14(17,18)19)4-10(8)25-12(15)16/h2-5,12H,1H3,(H,22,24). The smallest absolute Gasteiger partial charge is 0.416 e. The summed E-state index contributed by atoms with van der Waals surface area (Å²) in [5.74, 6) is -0.423. The minimum atomic E-state index is -4.74. The van der Waals surface area contributed by atoms with E-state index >= 15 is 0 Å². The van der Waals surface area contributed by atoms with Crippen molar-refractivity contribution in [1.29, 1.82) is 0 Å². The van der Waals surface area contributed by atoms with Gasteiger partial charge in [-0.15, -0.1) is 0 Å². The summed E-state index contributed by atoms with van der Waals surface area (Å²) >= 11 is 0. The van der Waals surface area contributed by atoms with Gasteiger partial charge < -0.3 is 4.74 Å². The highest BCUT2D eigenvalue weighted by molar-refractivity contribution is 5.80. The zero-order valence-corrected chi connectivity index (χ0v) is 12.4. The third-order valence-electron chi connectivity index (χ3n) is 3.43. The van der Waals surface area contributed by atoms with Gasteiger partial charge in [0.15, 0.2) is 0 Å². The first-order chi connectivity index (χ1) is 11.7. The van der Waals surface area contributed by atoms with Crippen LogP contribution in [0, 0.1) is 6.92 Å². The molecule has 0 unspecified atom stereocenters. The second-order valence-electron chi connectivity index (χ2n) is 4.99. The summed E-state index contributed by atoms with van der Waals surface area (Å²) in [7, 11) is 0. The molecule has 0 fully saturated rings. The molecule has 0 amide bonds. The number of rotatable bonds is 3. The average Bonchev–Trinajstić information content (AvgIpc) is 2.90. The summed E-state index contributed by atoms with van der Waals surface area (Å²) in [6.07, 6.45) is -3.48. The molecule has 0 radical (unpaired) electrons. The minimum absolute atomic E-state index is 0.0513. The zero-order valence-electron chi connectivity index (χ0n) is 12.4. The van der Waals surface area contributed by atoms with Crippen LogP contribution in [-0.4, -0.2) is 26.2 Å². The van der Waals surface area contributed by atoms with E-state index in [2.05, 4.69) is 19.9 Å². The van der Waals surface area contributed by atoms with Crippen molar-refractivity contribution in [2.75, 3.05) is 0 Å². The van der Waals surface area contributed by atoms with Crippen molar-refractivity contribution in [3.05, 3.63) is 46.3 Å². The number of nitrogens with one attached hydrogen (secondary N) is 1. The van der Waals surface area contributed by atoms with Gasteiger partial charge >= 0.3 is 18.5 Å². The molecule has 0 spiro atoms. The summed E-state index contributed by atoms with van der Waals surface area (Å²) < 4.78 is 69.1. The van der Waals surface area contributed by atoms with Gasteiger partial charge in [-0.3, -0.25) is 0 Å². The number of alkyl halides is 5. The lowest BCUT2D eigenvalue weighted by molar-refractivity contribution is -0.138. The molecule has 3 rings (SSSR count). The lowest BCUT2D eigenvalue weighted by Gasteiger charge is -2.14. The van der Waals surface area contributed by atoms with Crippen molar-refractivity contribution in [3.63, 3.8) is 0 Å². The van der Waals surface area contributed by atoms with Gasteiger partial charge in [-0.1, -0.05) is 0 Å². The maximum atomic E-state index is 12.8. The van der Waals surface area contributed by atoms with Crippen LogP contribution in [0.5, 0.6) is 5.75 Å². The summed E-state index contributed by atoms with van der Waals surface area (Å²) in [6, 6.07) is 2.11. The van der Waals surface area contributed by atoms with Gasteiger partial charge in [0.2, 0.25) is 0 Å². The van der Waals surface area contributed by atoms with Crippen molar-refractivity contribution in [1.82, 2.24) is 19.6 Å². The Morgan fingerprint density at radius 1 is 1.28 bits per heavy atom. The molecule has 6 nitrogen and oxygen atoms in total. The lowest BCUT2D eigenvalue weighted by Crippen LogP contribution is -2.19. The number of nitrogens with zero attached hydrogens (tertiary/aromatic N) is 3. The van der Waals surface area contributed by atoms with Crippen LogP contribution < -0.4 is 10.4 Å². The van der Waals surface area contributed by atoms with Crippen LogP contribution in [0.25, 0.3) is 16.8 Å². The molecule has 3 aromatic rings. The Morgan fingerprint density at radius 2 is 2.00 bits per heavy atom. The third kappa shape index (κ3) is 3.04. The van der Waals surface area contributed by atoms with E-state index in [1.807, 2.05) is 0 Å². The Morgan fingerprint density at radius 3 is 2.64 bits per heavy atom. The summed E-state index contributed by atoms with van der Waals surface area (Å²) in [5.41, 5.74) is -1.84. The van der Waals surface area contributed by atoms with Crippen LogP contribution in [0.4, 0.5) is 22.0 Å². The molecule has 25 heavy (non-hydrogen) atoms. The Labute approximate surface area is 135 Å². The number of H-pyrrole nitrogens is 1. The number of hydrogen-bond acceptors (Lipinski definition) is 4. The van der Waals surface area contributed by atoms with Gasteiger partial charge in [-0.2, -0.15) is 27.1 Å². The molecular weight excluding hydrogens is 351 g/mol. The third-order valence-corrected chi connectivity index (χ3v) is 3.43. The molecule has 2 aromatic heterocycles. The van der Waals surface area contributed by atoms with Crippen molar-refractivity contribution < 1.29 is 26.7 Å². The molecule has 1 aromatic carbocycles. The Bertz CT molecular complexity index is 993. The van der Waals surface area contributed by atoms with Gasteiger partial charge in [0.05, 0.1) is 17.3 Å². The van der Waals surface area contributed by atoms with E-state index in [1.165, 1.54) is 13.1 Å². The number of fused-ring (bicyclic) bond motifs is 1. The Balaban J connectivity index is 2.27. The molecular formula is C14H9F5N4O2. The summed E-state index contributed by atoms with van der Waals surface area (Å²) in [6.45, 7) is -1.82. The van der Waals surface area contributed by atoms with Gasteiger partial charge in [0.25, 0.3) is 0 Å². The van der Waals surface area contributed by atoms with Gasteiger partial charge in [0.1, 0.15) is 17.3 Å². The number of aromatic nitrogens is 4. The molecule has 0 bridgehead atoms. The maximum absolute atomic E-state index is 12.8. The number of hydrogen-bond donors (Lipinski definition) is 1. The SMILES string of the molecule is Cc1ncc2c(-c3ccc(C(F)(F)F)cc3OC(F)F)n[nH]c(=O)n12. The predicted molar refractivity (Wildman–Crippen MR) is 75.4 cm³/mol. The van der Waals surface area contributed by atoms with E-state index in [4.69, 9.17) is 0 Å². The molecule has 132 valence electrons. The zero-order chi connectivity index (χ0) is 18.4. The van der Waals surface area contributed by atoms with E-state index in [9.17, 15) is 26.7 Å². The largest absolute Gasteiger partial charge is 0.434 e. The second-order valence-corrected chi connectivity index (χ2v) is 4.99. The van der Waals surface area contributed by atoms with Crippen LogP contribution in [0.1, 0.15) is 11.4 Å². The number of halogens is 5. The fourth-order valence-corrected chi connectivity index (χ4v) is 2.36. The number of aryl methyl sites for hydroxylation is 1. The van der Waals surface area contributed by atoms with Crippen molar-refractivity contribution in [3.8, 4) is 17.0 Å². The van der Waals surface area contributed by atoms with Gasteiger partial charge in [-0.25, -0.2) is 19.3 Å². The Kier molecular flexibility index (Phi) is 3.93. The van der Waals surface area contributed by atoms with E-state index in [-0.39, 0.29) is 16.8 Å². The molecule has 0 aliphatic heterocycles. The topological polar surface area (TPSA) is 72.3 Å². The van der Waals surface area contributed by atoms with Crippen molar-refractivity contribution in [2.24, 2.45) is 0 Å². The van der Waals surface area contributed by atoms with Gasteiger partial charge in [0, 0.05) is 5.56 Å². The van der Waals surface area contributed by atoms with Crippen LogP contribution in [0.3, 0.4) is 0 Å². The highest BCUT2D eigenvalue weighted by atomic mass is 19.4. The predicted octanol–water partition coefficient (Wildman–Crippen LogP) is 3.01. The van der Waals surface area contributed by atoms with E-state index in [1.54, 1.807) is 0 Å².